The van der Waals surface area contributed by atoms with E-state index in [1.807, 2.05) is 6.07 Å². The molecule has 5 heteroatoms. The van der Waals surface area contributed by atoms with Crippen LogP contribution in [0.25, 0.3) is 0 Å². The molecule has 4 nitrogen and oxygen atoms in total. The van der Waals surface area contributed by atoms with E-state index in [-0.39, 0.29) is 12.2 Å². The van der Waals surface area contributed by atoms with E-state index < -0.39 is 12.0 Å². The van der Waals surface area contributed by atoms with Gasteiger partial charge in [0.15, 0.2) is 0 Å². The summed E-state index contributed by atoms with van der Waals surface area (Å²) >= 11 is 0. The normalized spacial score (nSPS) is 16.6. The van der Waals surface area contributed by atoms with Gasteiger partial charge in [-0.25, -0.2) is 4.39 Å². The molecule has 2 rings (SSSR count). The molecule has 1 heterocycles. The van der Waals surface area contributed by atoms with Gasteiger partial charge in [-0.15, -0.1) is 0 Å². The van der Waals surface area contributed by atoms with E-state index in [4.69, 9.17) is 10.5 Å². The van der Waals surface area contributed by atoms with Crippen molar-refractivity contribution in [2.45, 2.75) is 38.6 Å². The number of rotatable bonds is 5. The highest BCUT2D eigenvalue weighted by atomic mass is 19.1. The molecule has 1 aromatic carbocycles. The summed E-state index contributed by atoms with van der Waals surface area (Å²) in [6.45, 7) is 3.84. The van der Waals surface area contributed by atoms with Gasteiger partial charge in [0.05, 0.1) is 12.3 Å². The Labute approximate surface area is 125 Å². The quantitative estimate of drug-likeness (QED) is 0.846. The second-order valence-corrected chi connectivity index (χ2v) is 5.40. The summed E-state index contributed by atoms with van der Waals surface area (Å²) in [5, 5.41) is 0. The van der Waals surface area contributed by atoms with Crippen LogP contribution in [0.3, 0.4) is 0 Å². The summed E-state index contributed by atoms with van der Waals surface area (Å²) in [6, 6.07) is 4.35. The van der Waals surface area contributed by atoms with Crippen molar-refractivity contribution in [1.82, 2.24) is 0 Å². The van der Waals surface area contributed by atoms with Gasteiger partial charge in [-0.1, -0.05) is 6.07 Å². The fourth-order valence-corrected chi connectivity index (χ4v) is 2.66. The number of carbonyl (C=O) groups is 1. The Morgan fingerprint density at radius 2 is 2.10 bits per heavy atom. The first kappa shape index (κ1) is 15.8. The van der Waals surface area contributed by atoms with Gasteiger partial charge >= 0.3 is 5.97 Å². The second-order valence-electron chi connectivity index (χ2n) is 5.40. The molecule has 0 aliphatic carbocycles. The molecule has 21 heavy (non-hydrogen) atoms. The Kier molecular flexibility index (Phi) is 5.56. The molecule has 1 unspecified atom stereocenters. The third kappa shape index (κ3) is 4.17. The lowest BCUT2D eigenvalue weighted by atomic mass is 10.0. The summed E-state index contributed by atoms with van der Waals surface area (Å²) < 4.78 is 19.1. The average molecular weight is 294 g/mol. The van der Waals surface area contributed by atoms with Gasteiger partial charge in [-0.2, -0.15) is 0 Å². The van der Waals surface area contributed by atoms with Gasteiger partial charge in [0.1, 0.15) is 11.9 Å². The largest absolute Gasteiger partial charge is 0.465 e. The van der Waals surface area contributed by atoms with Crippen LogP contribution in [0.15, 0.2) is 18.2 Å². The Hall–Kier alpha value is -1.62. The van der Waals surface area contributed by atoms with Crippen molar-refractivity contribution < 1.29 is 13.9 Å². The van der Waals surface area contributed by atoms with Crippen molar-refractivity contribution in [2.24, 2.45) is 5.73 Å². The molecule has 0 saturated carbocycles. The monoisotopic (exact) mass is 294 g/mol. The van der Waals surface area contributed by atoms with Crippen molar-refractivity contribution in [3.05, 3.63) is 29.6 Å². The third-order valence-electron chi connectivity index (χ3n) is 3.75. The lowest BCUT2D eigenvalue weighted by molar-refractivity contribution is -0.144. The standard InChI is InChI=1S/C16H23FN2O2/c1-2-21-16(20)14(18)11-12-6-7-15(13(17)10-12)19-8-4-3-5-9-19/h6-7,10,14H,2-5,8-9,11,18H2,1H3. The van der Waals surface area contributed by atoms with Crippen LogP contribution in [0.4, 0.5) is 10.1 Å². The predicted molar refractivity (Wildman–Crippen MR) is 80.8 cm³/mol. The lowest BCUT2D eigenvalue weighted by Crippen LogP contribution is -2.34. The molecule has 0 radical (unpaired) electrons. The van der Waals surface area contributed by atoms with Crippen LogP contribution < -0.4 is 10.6 Å². The van der Waals surface area contributed by atoms with Gasteiger partial charge in [0, 0.05) is 13.1 Å². The summed E-state index contributed by atoms with van der Waals surface area (Å²) in [4.78, 5) is 13.6. The molecular formula is C16H23FN2O2. The van der Waals surface area contributed by atoms with Crippen molar-refractivity contribution >= 4 is 11.7 Å². The maximum atomic E-state index is 14.2. The molecule has 116 valence electrons. The number of piperidine rings is 1. The number of nitrogens with two attached hydrogens (primary N) is 1. The highest BCUT2D eigenvalue weighted by Crippen LogP contribution is 2.24. The fourth-order valence-electron chi connectivity index (χ4n) is 2.66. The lowest BCUT2D eigenvalue weighted by Gasteiger charge is -2.29. The molecule has 0 spiro atoms. The van der Waals surface area contributed by atoms with Gasteiger partial charge in [0.25, 0.3) is 0 Å². The highest BCUT2D eigenvalue weighted by Gasteiger charge is 2.18. The number of carbonyl (C=O) groups excluding carboxylic acids is 1. The molecule has 1 fully saturated rings. The van der Waals surface area contributed by atoms with Crippen molar-refractivity contribution in [3.63, 3.8) is 0 Å². The second kappa shape index (κ2) is 7.41. The molecule has 1 aromatic rings. The highest BCUT2D eigenvalue weighted by molar-refractivity contribution is 5.75. The first-order valence-corrected chi connectivity index (χ1v) is 7.57. The topological polar surface area (TPSA) is 55.6 Å². The van der Waals surface area contributed by atoms with Crippen LogP contribution in [-0.4, -0.2) is 31.7 Å². The van der Waals surface area contributed by atoms with E-state index in [0.717, 1.165) is 25.9 Å². The number of nitrogens with zero attached hydrogens (tertiary/aromatic N) is 1. The van der Waals surface area contributed by atoms with Gasteiger partial charge in [0.2, 0.25) is 0 Å². The molecule has 2 N–H and O–H groups in total. The van der Waals surface area contributed by atoms with E-state index >= 15 is 0 Å². The number of benzene rings is 1. The van der Waals surface area contributed by atoms with E-state index in [1.165, 1.54) is 12.5 Å². The Bertz CT molecular complexity index is 487. The zero-order valence-electron chi connectivity index (χ0n) is 12.5. The smallest absolute Gasteiger partial charge is 0.323 e. The maximum Gasteiger partial charge on any atom is 0.323 e. The number of hydrogen-bond acceptors (Lipinski definition) is 4. The number of esters is 1. The number of ether oxygens (including phenoxy) is 1. The van der Waals surface area contributed by atoms with Gasteiger partial charge in [-0.05, 0) is 50.3 Å². The van der Waals surface area contributed by atoms with Crippen LogP contribution in [0.1, 0.15) is 31.7 Å². The first-order chi connectivity index (χ1) is 10.1. The zero-order valence-corrected chi connectivity index (χ0v) is 12.5. The first-order valence-electron chi connectivity index (χ1n) is 7.57. The van der Waals surface area contributed by atoms with E-state index in [2.05, 4.69) is 4.90 Å². The molecule has 1 saturated heterocycles. The Morgan fingerprint density at radius 1 is 1.38 bits per heavy atom. The van der Waals surface area contributed by atoms with Crippen molar-refractivity contribution in [2.75, 3.05) is 24.6 Å². The van der Waals surface area contributed by atoms with Crippen LogP contribution in [-0.2, 0) is 16.0 Å². The van der Waals surface area contributed by atoms with Crippen LogP contribution in [0.2, 0.25) is 0 Å². The zero-order chi connectivity index (χ0) is 15.2. The van der Waals surface area contributed by atoms with Crippen molar-refractivity contribution in [3.8, 4) is 0 Å². The Morgan fingerprint density at radius 3 is 2.71 bits per heavy atom. The maximum absolute atomic E-state index is 14.2. The summed E-state index contributed by atoms with van der Waals surface area (Å²) in [6.07, 6.45) is 3.71. The molecule has 1 aliphatic rings. The predicted octanol–water partition coefficient (Wildman–Crippen LogP) is 2.25. The number of hydrogen-bond donors (Lipinski definition) is 1. The fraction of sp³-hybridized carbons (Fsp3) is 0.562. The number of anilines is 1. The molecular weight excluding hydrogens is 271 g/mol. The van der Waals surface area contributed by atoms with E-state index in [9.17, 15) is 9.18 Å². The van der Waals surface area contributed by atoms with Gasteiger partial charge in [-0.3, -0.25) is 4.79 Å². The molecule has 0 bridgehead atoms. The van der Waals surface area contributed by atoms with Crippen LogP contribution in [0, 0.1) is 5.82 Å². The van der Waals surface area contributed by atoms with E-state index in [0.29, 0.717) is 17.9 Å². The summed E-state index contributed by atoms with van der Waals surface area (Å²) in [7, 11) is 0. The van der Waals surface area contributed by atoms with Crippen molar-refractivity contribution in [1.29, 1.82) is 0 Å². The number of halogens is 1. The molecule has 0 amide bonds. The minimum Gasteiger partial charge on any atom is -0.465 e. The van der Waals surface area contributed by atoms with Crippen LogP contribution in [0.5, 0.6) is 0 Å². The van der Waals surface area contributed by atoms with Crippen LogP contribution >= 0.6 is 0 Å². The third-order valence-corrected chi connectivity index (χ3v) is 3.75. The average Bonchev–Trinajstić information content (AvgIpc) is 2.48. The minimum atomic E-state index is -0.745. The summed E-state index contributed by atoms with van der Waals surface area (Å²) in [5.74, 6) is -0.691. The molecule has 1 aliphatic heterocycles. The van der Waals surface area contributed by atoms with E-state index in [1.54, 1.807) is 13.0 Å². The minimum absolute atomic E-state index is 0.245. The Balaban J connectivity index is 2.03. The molecule has 1 atom stereocenters. The summed E-state index contributed by atoms with van der Waals surface area (Å²) in [5.41, 5.74) is 7.12. The SMILES string of the molecule is CCOC(=O)C(N)Cc1ccc(N2CCCCC2)c(F)c1. The molecule has 0 aromatic heterocycles. The van der Waals surface area contributed by atoms with Gasteiger partial charge < -0.3 is 15.4 Å².